The summed E-state index contributed by atoms with van der Waals surface area (Å²) >= 11 is 9.75. The second kappa shape index (κ2) is 5.58. The highest BCUT2D eigenvalue weighted by Crippen LogP contribution is 2.34. The minimum absolute atomic E-state index is 0.299. The van der Waals surface area contributed by atoms with Crippen molar-refractivity contribution in [1.82, 2.24) is 5.43 Å². The maximum atomic E-state index is 6.33. The molecule has 3 aromatic rings. The third kappa shape index (κ3) is 2.36. The molecule has 1 heterocycles. The van der Waals surface area contributed by atoms with E-state index in [4.69, 9.17) is 21.9 Å². The molecule has 0 fully saturated rings. The second-order valence-electron chi connectivity index (χ2n) is 4.43. The van der Waals surface area contributed by atoms with Crippen molar-refractivity contribution in [3.05, 3.63) is 69.3 Å². The molecular formula is C15H12BrClN2O. The summed E-state index contributed by atoms with van der Waals surface area (Å²) in [6, 6.07) is 15.2. The third-order valence-corrected chi connectivity index (χ3v) is 4.50. The second-order valence-corrected chi connectivity index (χ2v) is 5.66. The lowest BCUT2D eigenvalue weighted by atomic mass is 10.0. The van der Waals surface area contributed by atoms with Gasteiger partial charge in [-0.15, -0.1) is 0 Å². The molecule has 3 rings (SSSR count). The smallest absolute Gasteiger partial charge is 0.134 e. The highest BCUT2D eigenvalue weighted by molar-refractivity contribution is 9.10. The van der Waals surface area contributed by atoms with Crippen LogP contribution in [-0.2, 0) is 0 Å². The van der Waals surface area contributed by atoms with E-state index in [1.807, 2.05) is 48.5 Å². The molecule has 0 spiro atoms. The molecule has 0 saturated carbocycles. The van der Waals surface area contributed by atoms with Crippen molar-refractivity contribution in [2.75, 3.05) is 0 Å². The Hall–Kier alpha value is -1.33. The van der Waals surface area contributed by atoms with E-state index in [2.05, 4.69) is 21.4 Å². The Bertz CT molecular complexity index is 723. The summed E-state index contributed by atoms with van der Waals surface area (Å²) in [5, 5.41) is 1.66. The monoisotopic (exact) mass is 350 g/mol. The number of halogens is 2. The summed E-state index contributed by atoms with van der Waals surface area (Å²) < 4.78 is 6.68. The van der Waals surface area contributed by atoms with Gasteiger partial charge in [0.15, 0.2) is 0 Å². The van der Waals surface area contributed by atoms with Crippen LogP contribution in [0, 0.1) is 0 Å². The number of para-hydroxylation sites is 1. The van der Waals surface area contributed by atoms with Crippen LogP contribution in [0.2, 0.25) is 5.02 Å². The van der Waals surface area contributed by atoms with Crippen LogP contribution in [0.25, 0.3) is 11.0 Å². The number of fused-ring (bicyclic) bond motifs is 1. The zero-order chi connectivity index (χ0) is 14.1. The molecule has 3 N–H and O–H groups in total. The van der Waals surface area contributed by atoms with Gasteiger partial charge >= 0.3 is 0 Å². The van der Waals surface area contributed by atoms with Gasteiger partial charge in [-0.1, -0.05) is 41.9 Å². The van der Waals surface area contributed by atoms with Gasteiger partial charge in [0.1, 0.15) is 17.4 Å². The van der Waals surface area contributed by atoms with Gasteiger partial charge in [0.05, 0.1) is 5.02 Å². The molecule has 20 heavy (non-hydrogen) atoms. The molecule has 0 amide bonds. The highest BCUT2D eigenvalue weighted by Gasteiger charge is 2.20. The van der Waals surface area contributed by atoms with Crippen LogP contribution in [0.15, 0.2) is 57.4 Å². The molecule has 0 saturated heterocycles. The summed E-state index contributed by atoms with van der Waals surface area (Å²) in [7, 11) is 0. The molecule has 102 valence electrons. The Morgan fingerprint density at radius 3 is 2.70 bits per heavy atom. The first-order valence-electron chi connectivity index (χ1n) is 6.09. The predicted octanol–water partition coefficient (Wildman–Crippen LogP) is 4.40. The van der Waals surface area contributed by atoms with Crippen molar-refractivity contribution < 1.29 is 4.42 Å². The summed E-state index contributed by atoms with van der Waals surface area (Å²) in [5.74, 6) is 6.42. The van der Waals surface area contributed by atoms with Gasteiger partial charge < -0.3 is 4.42 Å². The van der Waals surface area contributed by atoms with E-state index >= 15 is 0 Å². The van der Waals surface area contributed by atoms with Crippen LogP contribution in [-0.4, -0.2) is 0 Å². The quantitative estimate of drug-likeness (QED) is 0.543. The lowest BCUT2D eigenvalue weighted by Gasteiger charge is -2.15. The molecule has 1 aromatic heterocycles. The fraction of sp³-hybridized carbons (Fsp3) is 0.0667. The largest absolute Gasteiger partial charge is 0.459 e. The topological polar surface area (TPSA) is 51.2 Å². The Morgan fingerprint density at radius 2 is 1.95 bits per heavy atom. The van der Waals surface area contributed by atoms with E-state index in [0.29, 0.717) is 5.02 Å². The number of furan rings is 1. The van der Waals surface area contributed by atoms with Crippen LogP contribution in [0.5, 0.6) is 0 Å². The Kier molecular flexibility index (Phi) is 3.81. The molecule has 1 atom stereocenters. The van der Waals surface area contributed by atoms with Crippen LogP contribution < -0.4 is 11.3 Å². The minimum atomic E-state index is -0.299. The molecule has 0 aliphatic rings. The molecule has 0 bridgehead atoms. The number of rotatable bonds is 3. The van der Waals surface area contributed by atoms with Crippen molar-refractivity contribution in [2.45, 2.75) is 6.04 Å². The van der Waals surface area contributed by atoms with Crippen LogP contribution in [0.3, 0.4) is 0 Å². The average Bonchev–Trinajstić information content (AvgIpc) is 2.87. The fourth-order valence-corrected chi connectivity index (χ4v) is 2.83. The van der Waals surface area contributed by atoms with Gasteiger partial charge in [-0.3, -0.25) is 5.84 Å². The number of hydrazine groups is 1. The predicted molar refractivity (Wildman–Crippen MR) is 84.5 cm³/mol. The van der Waals surface area contributed by atoms with E-state index in [-0.39, 0.29) is 6.04 Å². The number of hydrogen-bond donors (Lipinski definition) is 2. The highest BCUT2D eigenvalue weighted by atomic mass is 79.9. The first-order valence-corrected chi connectivity index (χ1v) is 7.26. The van der Waals surface area contributed by atoms with Crippen molar-refractivity contribution in [3.63, 3.8) is 0 Å². The Labute approximate surface area is 129 Å². The lowest BCUT2D eigenvalue weighted by molar-refractivity contribution is 0.477. The van der Waals surface area contributed by atoms with E-state index in [9.17, 15) is 0 Å². The summed E-state index contributed by atoms with van der Waals surface area (Å²) in [5.41, 5.74) is 4.46. The van der Waals surface area contributed by atoms with Gasteiger partial charge in [-0.25, -0.2) is 5.43 Å². The average molecular weight is 352 g/mol. The molecule has 1 unspecified atom stereocenters. The van der Waals surface area contributed by atoms with Crippen molar-refractivity contribution in [3.8, 4) is 0 Å². The van der Waals surface area contributed by atoms with Crippen molar-refractivity contribution in [2.24, 2.45) is 5.84 Å². The molecule has 2 aromatic carbocycles. The van der Waals surface area contributed by atoms with E-state index in [0.717, 1.165) is 26.8 Å². The number of benzene rings is 2. The minimum Gasteiger partial charge on any atom is -0.459 e. The SMILES string of the molecule is NNC(c1cc2ccccc2o1)c1cccc(Br)c1Cl. The number of nitrogens with one attached hydrogen (secondary N) is 1. The van der Waals surface area contributed by atoms with Gasteiger partial charge in [0, 0.05) is 9.86 Å². The van der Waals surface area contributed by atoms with Crippen LogP contribution in [0.4, 0.5) is 0 Å². The fourth-order valence-electron chi connectivity index (χ4n) is 2.21. The van der Waals surface area contributed by atoms with Gasteiger partial charge in [-0.05, 0) is 39.7 Å². The van der Waals surface area contributed by atoms with E-state index in [1.165, 1.54) is 0 Å². The maximum absolute atomic E-state index is 6.33. The van der Waals surface area contributed by atoms with E-state index in [1.54, 1.807) is 0 Å². The van der Waals surface area contributed by atoms with Crippen molar-refractivity contribution >= 4 is 38.5 Å². The van der Waals surface area contributed by atoms with Gasteiger partial charge in [0.25, 0.3) is 0 Å². The lowest BCUT2D eigenvalue weighted by Crippen LogP contribution is -2.28. The molecule has 0 aliphatic carbocycles. The van der Waals surface area contributed by atoms with Crippen molar-refractivity contribution in [1.29, 1.82) is 0 Å². The van der Waals surface area contributed by atoms with Crippen LogP contribution >= 0.6 is 27.5 Å². The summed E-state index contributed by atoms with van der Waals surface area (Å²) in [6.07, 6.45) is 0. The molecular weight excluding hydrogens is 340 g/mol. The van der Waals surface area contributed by atoms with Gasteiger partial charge in [-0.2, -0.15) is 0 Å². The number of nitrogens with two attached hydrogens (primary N) is 1. The normalized spacial score (nSPS) is 12.8. The van der Waals surface area contributed by atoms with Crippen LogP contribution in [0.1, 0.15) is 17.4 Å². The van der Waals surface area contributed by atoms with Gasteiger partial charge in [0.2, 0.25) is 0 Å². The molecule has 0 aliphatic heterocycles. The molecule has 5 heteroatoms. The standard InChI is InChI=1S/C15H12BrClN2O/c16-11-6-3-5-10(14(11)17)15(19-18)13-8-9-4-1-2-7-12(9)20-13/h1-8,15,19H,18H2. The summed E-state index contributed by atoms with van der Waals surface area (Å²) in [6.45, 7) is 0. The Balaban J connectivity index is 2.11. The molecule has 3 nitrogen and oxygen atoms in total. The molecule has 0 radical (unpaired) electrons. The summed E-state index contributed by atoms with van der Waals surface area (Å²) in [4.78, 5) is 0. The first-order chi connectivity index (χ1) is 9.70. The first kappa shape index (κ1) is 13.6. The third-order valence-electron chi connectivity index (χ3n) is 3.19. The number of hydrogen-bond acceptors (Lipinski definition) is 3. The Morgan fingerprint density at radius 1 is 1.15 bits per heavy atom. The zero-order valence-electron chi connectivity index (χ0n) is 10.4. The zero-order valence-corrected chi connectivity index (χ0v) is 12.8. The maximum Gasteiger partial charge on any atom is 0.134 e. The van der Waals surface area contributed by atoms with E-state index < -0.39 is 0 Å².